The van der Waals surface area contributed by atoms with E-state index in [2.05, 4.69) is 5.32 Å². The Morgan fingerprint density at radius 2 is 1.55 bits per heavy atom. The molecule has 0 aliphatic rings. The summed E-state index contributed by atoms with van der Waals surface area (Å²) >= 11 is 0. The van der Waals surface area contributed by atoms with Gasteiger partial charge in [-0.25, -0.2) is 8.42 Å². The highest BCUT2D eigenvalue weighted by Gasteiger charge is 2.26. The molecule has 0 aliphatic heterocycles. The van der Waals surface area contributed by atoms with Crippen LogP contribution in [0.4, 0.5) is 0 Å². The maximum atomic E-state index is 12.9. The first kappa shape index (κ1) is 21.0. The van der Waals surface area contributed by atoms with E-state index in [9.17, 15) is 13.2 Å². The zero-order valence-corrected chi connectivity index (χ0v) is 17.7. The zero-order chi connectivity index (χ0) is 21.1. The number of rotatable bonds is 7. The molecule has 3 aromatic rings. The molecule has 0 saturated heterocycles. The van der Waals surface area contributed by atoms with E-state index < -0.39 is 15.6 Å². The van der Waals surface area contributed by atoms with Gasteiger partial charge in [0.15, 0.2) is 0 Å². The molecule has 0 radical (unpaired) electrons. The van der Waals surface area contributed by atoms with Gasteiger partial charge >= 0.3 is 0 Å². The Bertz CT molecular complexity index is 1110. The van der Waals surface area contributed by atoms with E-state index in [4.69, 9.17) is 0 Å². The Balaban J connectivity index is 1.68. The molecule has 0 fully saturated rings. The van der Waals surface area contributed by atoms with Crippen LogP contribution in [0, 0.1) is 0 Å². The first-order valence-electron chi connectivity index (χ1n) is 9.47. The van der Waals surface area contributed by atoms with Crippen molar-refractivity contribution in [3.05, 3.63) is 78.4 Å². The van der Waals surface area contributed by atoms with Crippen molar-refractivity contribution in [2.75, 3.05) is 13.6 Å². The fraction of sp³-hybridized carbons (Fsp3) is 0.261. The van der Waals surface area contributed by atoms with Gasteiger partial charge in [0, 0.05) is 12.6 Å². The van der Waals surface area contributed by atoms with Crippen LogP contribution in [0.3, 0.4) is 0 Å². The normalized spacial score (nSPS) is 12.3. The molecule has 3 rings (SSSR count). The summed E-state index contributed by atoms with van der Waals surface area (Å²) in [6.45, 7) is 3.61. The highest BCUT2D eigenvalue weighted by atomic mass is 32.2. The lowest BCUT2D eigenvalue weighted by molar-refractivity contribution is -0.122. The van der Waals surface area contributed by atoms with Crippen LogP contribution in [0.5, 0.6) is 0 Å². The highest BCUT2D eigenvalue weighted by molar-refractivity contribution is 7.89. The number of likely N-dealkylation sites (N-methyl/N-ethyl adjacent to an activating group) is 1. The van der Waals surface area contributed by atoms with Crippen LogP contribution >= 0.6 is 0 Å². The number of sulfonamides is 1. The molecule has 3 aromatic carbocycles. The van der Waals surface area contributed by atoms with Gasteiger partial charge in [0.1, 0.15) is 0 Å². The molecule has 0 unspecified atom stereocenters. The third-order valence-corrected chi connectivity index (χ3v) is 6.56. The Morgan fingerprint density at radius 3 is 2.24 bits per heavy atom. The molecule has 1 N–H and O–H groups in total. The summed E-state index contributed by atoms with van der Waals surface area (Å²) in [5, 5.41) is 4.75. The van der Waals surface area contributed by atoms with Gasteiger partial charge in [-0.05, 0) is 48.7 Å². The number of fused-ring (bicyclic) bond motifs is 1. The summed E-state index contributed by atoms with van der Waals surface area (Å²) in [5.41, 5.74) is 0.612. The lowest BCUT2D eigenvalue weighted by Gasteiger charge is -2.27. The van der Waals surface area contributed by atoms with Crippen molar-refractivity contribution in [1.29, 1.82) is 0 Å². The van der Waals surface area contributed by atoms with Gasteiger partial charge in [0.05, 0.1) is 11.4 Å². The van der Waals surface area contributed by atoms with Crippen LogP contribution in [-0.2, 0) is 21.2 Å². The topological polar surface area (TPSA) is 66.5 Å². The van der Waals surface area contributed by atoms with Gasteiger partial charge in [-0.15, -0.1) is 0 Å². The fourth-order valence-electron chi connectivity index (χ4n) is 3.36. The van der Waals surface area contributed by atoms with Crippen molar-refractivity contribution in [3.63, 3.8) is 0 Å². The molecule has 0 aliphatic carbocycles. The molecule has 0 spiro atoms. The van der Waals surface area contributed by atoms with Crippen LogP contribution < -0.4 is 5.32 Å². The SMILES string of the molecule is CN(CC(=O)NC(C)(C)Cc1ccccc1)S(=O)(=O)c1ccc2ccccc2c1. The number of nitrogens with zero attached hydrogens (tertiary/aromatic N) is 1. The van der Waals surface area contributed by atoms with Crippen molar-refractivity contribution in [3.8, 4) is 0 Å². The first-order valence-corrected chi connectivity index (χ1v) is 10.9. The molecule has 0 atom stereocenters. The van der Waals surface area contributed by atoms with Crippen LogP contribution in [-0.4, -0.2) is 37.8 Å². The van der Waals surface area contributed by atoms with Gasteiger partial charge in [-0.3, -0.25) is 4.79 Å². The largest absolute Gasteiger partial charge is 0.350 e. The maximum absolute atomic E-state index is 12.9. The molecular weight excluding hydrogens is 384 g/mol. The van der Waals surface area contributed by atoms with Crippen molar-refractivity contribution in [1.82, 2.24) is 9.62 Å². The van der Waals surface area contributed by atoms with Crippen molar-refractivity contribution in [2.24, 2.45) is 0 Å². The lowest BCUT2D eigenvalue weighted by Crippen LogP contribution is -2.49. The van der Waals surface area contributed by atoms with Gasteiger partial charge < -0.3 is 5.32 Å². The summed E-state index contributed by atoms with van der Waals surface area (Å²) < 4.78 is 26.9. The summed E-state index contributed by atoms with van der Waals surface area (Å²) in [5.74, 6) is -0.335. The number of carbonyl (C=O) groups excluding carboxylic acids is 1. The molecule has 0 aromatic heterocycles. The smallest absolute Gasteiger partial charge is 0.243 e. The molecule has 29 heavy (non-hydrogen) atoms. The van der Waals surface area contributed by atoms with Gasteiger partial charge in [0.2, 0.25) is 15.9 Å². The summed E-state index contributed by atoms with van der Waals surface area (Å²) in [6, 6.07) is 22.4. The molecule has 152 valence electrons. The Kier molecular flexibility index (Phi) is 6.05. The number of hydrogen-bond donors (Lipinski definition) is 1. The minimum atomic E-state index is -3.77. The molecule has 0 saturated carbocycles. The van der Waals surface area contributed by atoms with E-state index in [-0.39, 0.29) is 17.3 Å². The summed E-state index contributed by atoms with van der Waals surface area (Å²) in [7, 11) is -2.34. The van der Waals surface area contributed by atoms with Crippen LogP contribution in [0.15, 0.2) is 77.7 Å². The van der Waals surface area contributed by atoms with Crippen molar-refractivity contribution >= 4 is 26.7 Å². The minimum absolute atomic E-state index is 0.176. The van der Waals surface area contributed by atoms with E-state index in [1.54, 1.807) is 18.2 Å². The number of carbonyl (C=O) groups is 1. The summed E-state index contributed by atoms with van der Waals surface area (Å²) in [4.78, 5) is 12.7. The second-order valence-corrected chi connectivity index (χ2v) is 9.91. The quantitative estimate of drug-likeness (QED) is 0.647. The van der Waals surface area contributed by atoms with Crippen molar-refractivity contribution in [2.45, 2.75) is 30.7 Å². The zero-order valence-electron chi connectivity index (χ0n) is 16.9. The second-order valence-electron chi connectivity index (χ2n) is 7.86. The Hall–Kier alpha value is -2.70. The van der Waals surface area contributed by atoms with Crippen molar-refractivity contribution < 1.29 is 13.2 Å². The fourth-order valence-corrected chi connectivity index (χ4v) is 4.53. The predicted octanol–water partition coefficient (Wildman–Crippen LogP) is 3.60. The van der Waals surface area contributed by atoms with Crippen LogP contribution in [0.25, 0.3) is 10.8 Å². The highest BCUT2D eigenvalue weighted by Crippen LogP contribution is 2.21. The molecular formula is C23H26N2O3S. The van der Waals surface area contributed by atoms with Gasteiger partial charge in [-0.1, -0.05) is 60.7 Å². The average Bonchev–Trinajstić information content (AvgIpc) is 2.67. The molecule has 0 heterocycles. The van der Waals surface area contributed by atoms with Gasteiger partial charge in [0.25, 0.3) is 0 Å². The standard InChI is InChI=1S/C23H26N2O3S/c1-23(2,16-18-9-5-4-6-10-18)24-22(26)17-25(3)29(27,28)21-14-13-19-11-7-8-12-20(19)15-21/h4-15H,16-17H2,1-3H3,(H,24,26). The van der Waals surface area contributed by atoms with E-state index in [1.807, 2.05) is 68.4 Å². The average molecular weight is 411 g/mol. The van der Waals surface area contributed by atoms with Gasteiger partial charge in [-0.2, -0.15) is 4.31 Å². The number of nitrogens with one attached hydrogen (secondary N) is 1. The first-order chi connectivity index (χ1) is 13.7. The molecule has 6 heteroatoms. The summed E-state index contributed by atoms with van der Waals surface area (Å²) in [6.07, 6.45) is 0.653. The van der Waals surface area contributed by atoms with E-state index in [1.165, 1.54) is 7.05 Å². The third-order valence-electron chi connectivity index (χ3n) is 4.76. The monoisotopic (exact) mass is 410 g/mol. The third kappa shape index (κ3) is 5.22. The van der Waals surface area contributed by atoms with E-state index in [0.717, 1.165) is 20.6 Å². The number of amides is 1. The number of hydrogen-bond acceptors (Lipinski definition) is 3. The maximum Gasteiger partial charge on any atom is 0.243 e. The van der Waals surface area contributed by atoms with Crippen LogP contribution in [0.1, 0.15) is 19.4 Å². The minimum Gasteiger partial charge on any atom is -0.350 e. The molecule has 0 bridgehead atoms. The Labute approximate surface area is 172 Å². The second kappa shape index (κ2) is 8.35. The molecule has 1 amide bonds. The Morgan fingerprint density at radius 1 is 0.931 bits per heavy atom. The lowest BCUT2D eigenvalue weighted by atomic mass is 9.95. The van der Waals surface area contributed by atoms with E-state index >= 15 is 0 Å². The van der Waals surface area contributed by atoms with Crippen LogP contribution in [0.2, 0.25) is 0 Å². The molecule has 5 nitrogen and oxygen atoms in total. The van der Waals surface area contributed by atoms with E-state index in [0.29, 0.717) is 6.42 Å². The number of benzene rings is 3. The predicted molar refractivity (Wildman–Crippen MR) is 116 cm³/mol.